The molecule has 0 spiro atoms. The third kappa shape index (κ3) is 3.40. The van der Waals surface area contributed by atoms with Crippen molar-refractivity contribution in [1.82, 2.24) is 0 Å². The van der Waals surface area contributed by atoms with Crippen LogP contribution in [0.3, 0.4) is 0 Å². The fourth-order valence-electron chi connectivity index (χ4n) is 3.47. The van der Waals surface area contributed by atoms with Crippen LogP contribution in [0.4, 0.5) is 5.69 Å². The zero-order valence-corrected chi connectivity index (χ0v) is 17.5. The van der Waals surface area contributed by atoms with E-state index in [1.54, 1.807) is 32.0 Å². The van der Waals surface area contributed by atoms with E-state index in [1.807, 2.05) is 24.3 Å². The molecule has 1 amide bonds. The Labute approximate surface area is 173 Å². The third-order valence-electron chi connectivity index (χ3n) is 5.14. The first-order valence-electron chi connectivity index (χ1n) is 9.13. The zero-order valence-electron chi connectivity index (χ0n) is 16.6. The van der Waals surface area contributed by atoms with E-state index in [1.165, 1.54) is 13.2 Å². The van der Waals surface area contributed by atoms with E-state index in [0.29, 0.717) is 28.1 Å². The predicted octanol–water partition coefficient (Wildman–Crippen LogP) is 4.11. The van der Waals surface area contributed by atoms with Gasteiger partial charge in [-0.2, -0.15) is 0 Å². The van der Waals surface area contributed by atoms with Crippen molar-refractivity contribution in [2.75, 3.05) is 12.4 Å². The molecule has 4 rings (SSSR count). The minimum absolute atomic E-state index is 0.0765. The molecule has 0 atom stereocenters. The molecule has 7 nitrogen and oxygen atoms in total. The number of nitrogens with two attached hydrogens (primary N) is 1. The van der Waals surface area contributed by atoms with Crippen LogP contribution in [-0.2, 0) is 10.0 Å². The molecule has 0 radical (unpaired) electrons. The minimum Gasteiger partial charge on any atom is -0.495 e. The molecule has 154 valence electrons. The summed E-state index contributed by atoms with van der Waals surface area (Å²) in [5.74, 6) is -0.0327. The molecule has 4 aromatic rings. The van der Waals surface area contributed by atoms with Crippen LogP contribution in [0, 0.1) is 13.8 Å². The minimum atomic E-state index is -3.96. The lowest BCUT2D eigenvalue weighted by molar-refractivity contribution is 0.102. The lowest BCUT2D eigenvalue weighted by Crippen LogP contribution is -2.18. The number of carbonyl (C=O) groups is 1. The molecule has 0 bridgehead atoms. The summed E-state index contributed by atoms with van der Waals surface area (Å²) < 4.78 is 35.1. The number of nitrogens with one attached hydrogen (secondary N) is 1. The van der Waals surface area contributed by atoms with E-state index in [-0.39, 0.29) is 10.5 Å². The first-order valence-corrected chi connectivity index (χ1v) is 10.7. The number of sulfonamides is 1. The summed E-state index contributed by atoms with van der Waals surface area (Å²) in [6.07, 6.45) is 0. The summed E-state index contributed by atoms with van der Waals surface area (Å²) in [5, 5.41) is 9.89. The molecule has 0 aliphatic rings. The number of hydrogen-bond acceptors (Lipinski definition) is 5. The van der Waals surface area contributed by atoms with Gasteiger partial charge in [-0.1, -0.05) is 18.2 Å². The quantitative estimate of drug-likeness (QED) is 0.512. The van der Waals surface area contributed by atoms with Crippen LogP contribution >= 0.6 is 0 Å². The number of amides is 1. The van der Waals surface area contributed by atoms with Crippen molar-refractivity contribution < 1.29 is 22.4 Å². The van der Waals surface area contributed by atoms with Crippen molar-refractivity contribution in [3.8, 4) is 5.75 Å². The van der Waals surface area contributed by atoms with Gasteiger partial charge >= 0.3 is 0 Å². The normalized spacial score (nSPS) is 11.7. The Bertz CT molecular complexity index is 1420. The van der Waals surface area contributed by atoms with E-state index in [4.69, 9.17) is 14.3 Å². The molecule has 0 saturated heterocycles. The molecule has 3 aromatic carbocycles. The molecule has 1 aromatic heterocycles. The van der Waals surface area contributed by atoms with Crippen molar-refractivity contribution in [3.63, 3.8) is 0 Å². The Morgan fingerprint density at radius 3 is 2.47 bits per heavy atom. The highest BCUT2D eigenvalue weighted by atomic mass is 32.2. The molecule has 0 aliphatic carbocycles. The Morgan fingerprint density at radius 1 is 1.03 bits per heavy atom. The van der Waals surface area contributed by atoms with Crippen LogP contribution in [-0.4, -0.2) is 21.4 Å². The third-order valence-corrected chi connectivity index (χ3v) is 6.17. The second kappa shape index (κ2) is 7.16. The molecule has 8 heteroatoms. The van der Waals surface area contributed by atoms with E-state index in [2.05, 4.69) is 5.32 Å². The standard InChI is InChI=1S/C22H20N2O5S/c1-12-8-14(9-21(13(12)2)30(23,26)27)22(25)24-17-11-19-16(10-20(17)28-3)15-6-4-5-7-18(15)29-19/h4-11H,1-3H3,(H,24,25)(H2,23,26,27). The Balaban J connectivity index is 1.78. The maximum Gasteiger partial charge on any atom is 0.255 e. The van der Waals surface area contributed by atoms with Gasteiger partial charge in [-0.3, -0.25) is 4.79 Å². The highest BCUT2D eigenvalue weighted by Gasteiger charge is 2.19. The monoisotopic (exact) mass is 424 g/mol. The largest absolute Gasteiger partial charge is 0.495 e. The molecule has 0 saturated carbocycles. The zero-order chi connectivity index (χ0) is 21.6. The predicted molar refractivity (Wildman–Crippen MR) is 116 cm³/mol. The van der Waals surface area contributed by atoms with Crippen LogP contribution < -0.4 is 15.2 Å². The van der Waals surface area contributed by atoms with Gasteiger partial charge in [0.05, 0.1) is 17.7 Å². The molecule has 1 heterocycles. The summed E-state index contributed by atoms with van der Waals surface area (Å²) in [6.45, 7) is 3.37. The summed E-state index contributed by atoms with van der Waals surface area (Å²) >= 11 is 0. The topological polar surface area (TPSA) is 112 Å². The molecule has 0 fully saturated rings. The van der Waals surface area contributed by atoms with Gasteiger partial charge in [0, 0.05) is 22.4 Å². The van der Waals surface area contributed by atoms with Gasteiger partial charge in [0.15, 0.2) is 0 Å². The number of para-hydroxylation sites is 1. The molecule has 0 unspecified atom stereocenters. The number of rotatable bonds is 4. The maximum atomic E-state index is 12.9. The number of hydrogen-bond donors (Lipinski definition) is 2. The number of primary sulfonamides is 1. The maximum absolute atomic E-state index is 12.9. The van der Waals surface area contributed by atoms with Crippen LogP contribution in [0.25, 0.3) is 21.9 Å². The molecular formula is C22H20N2O5S. The van der Waals surface area contributed by atoms with Crippen LogP contribution in [0.1, 0.15) is 21.5 Å². The van der Waals surface area contributed by atoms with Gasteiger partial charge in [0.25, 0.3) is 5.91 Å². The number of anilines is 1. The number of carbonyl (C=O) groups excluding carboxylic acids is 1. The van der Waals surface area contributed by atoms with Crippen molar-refractivity contribution >= 4 is 43.6 Å². The van der Waals surface area contributed by atoms with Gasteiger partial charge in [-0.05, 0) is 49.2 Å². The highest BCUT2D eigenvalue weighted by Crippen LogP contribution is 2.36. The lowest BCUT2D eigenvalue weighted by atomic mass is 10.1. The van der Waals surface area contributed by atoms with Crippen LogP contribution in [0.2, 0.25) is 0 Å². The van der Waals surface area contributed by atoms with Crippen molar-refractivity contribution in [3.05, 3.63) is 65.2 Å². The average Bonchev–Trinajstić information content (AvgIpc) is 3.05. The molecule has 30 heavy (non-hydrogen) atoms. The van der Waals surface area contributed by atoms with E-state index in [0.717, 1.165) is 16.4 Å². The lowest BCUT2D eigenvalue weighted by Gasteiger charge is -2.13. The first-order chi connectivity index (χ1) is 14.2. The summed E-state index contributed by atoms with van der Waals surface area (Å²) in [4.78, 5) is 12.8. The van der Waals surface area contributed by atoms with Crippen molar-refractivity contribution in [2.24, 2.45) is 5.14 Å². The Morgan fingerprint density at radius 2 is 1.77 bits per heavy atom. The Hall–Kier alpha value is -3.36. The number of ether oxygens (including phenoxy) is 1. The Kier molecular flexibility index (Phi) is 4.76. The van der Waals surface area contributed by atoms with Gasteiger partial charge < -0.3 is 14.5 Å². The van der Waals surface area contributed by atoms with Crippen LogP contribution in [0.5, 0.6) is 5.75 Å². The van der Waals surface area contributed by atoms with E-state index < -0.39 is 15.9 Å². The number of methoxy groups -OCH3 is 1. The number of furan rings is 1. The van der Waals surface area contributed by atoms with E-state index >= 15 is 0 Å². The molecule has 3 N–H and O–H groups in total. The van der Waals surface area contributed by atoms with E-state index in [9.17, 15) is 13.2 Å². The van der Waals surface area contributed by atoms with Gasteiger partial charge in [-0.25, -0.2) is 13.6 Å². The number of fused-ring (bicyclic) bond motifs is 3. The fourth-order valence-corrected chi connectivity index (χ4v) is 4.35. The number of benzene rings is 3. The van der Waals surface area contributed by atoms with Crippen molar-refractivity contribution in [1.29, 1.82) is 0 Å². The highest BCUT2D eigenvalue weighted by molar-refractivity contribution is 7.89. The molecular weight excluding hydrogens is 404 g/mol. The summed E-state index contributed by atoms with van der Waals surface area (Å²) in [7, 11) is -2.45. The summed E-state index contributed by atoms with van der Waals surface area (Å²) in [5.41, 5.74) is 3.06. The molecule has 0 aliphatic heterocycles. The summed E-state index contributed by atoms with van der Waals surface area (Å²) in [6, 6.07) is 14.0. The number of aryl methyl sites for hydroxylation is 1. The SMILES string of the molecule is COc1cc2c(cc1NC(=O)c1cc(C)c(C)c(S(N)(=O)=O)c1)oc1ccccc12. The smallest absolute Gasteiger partial charge is 0.255 e. The second-order valence-corrected chi connectivity index (χ2v) is 8.59. The van der Waals surface area contributed by atoms with Gasteiger partial charge in [0.1, 0.15) is 16.9 Å². The van der Waals surface area contributed by atoms with Crippen LogP contribution in [0.15, 0.2) is 57.8 Å². The van der Waals surface area contributed by atoms with Gasteiger partial charge in [-0.15, -0.1) is 0 Å². The average molecular weight is 424 g/mol. The van der Waals surface area contributed by atoms with Crippen molar-refractivity contribution in [2.45, 2.75) is 18.7 Å². The first kappa shape index (κ1) is 19.9. The van der Waals surface area contributed by atoms with Gasteiger partial charge in [0.2, 0.25) is 10.0 Å². The second-order valence-electron chi connectivity index (χ2n) is 7.06. The fraction of sp³-hybridized carbons (Fsp3) is 0.136.